The quantitative estimate of drug-likeness (QED) is 0.0637. The van der Waals surface area contributed by atoms with Gasteiger partial charge < -0.3 is 61.6 Å². The number of methoxy groups -OCH3 is 3. The molecule has 0 N–H and O–H groups in total. The lowest BCUT2D eigenvalue weighted by Gasteiger charge is -2.45. The molecule has 0 aromatic carbocycles. The minimum atomic E-state index is -0.616. The van der Waals surface area contributed by atoms with Crippen molar-refractivity contribution in [3.8, 4) is 0 Å². The molecule has 3 aliphatic carbocycles. The molecule has 0 aromatic heterocycles. The van der Waals surface area contributed by atoms with Gasteiger partial charge >= 0.3 is 11.9 Å². The number of halogens is 1. The first-order valence-electron chi connectivity index (χ1n) is 24.8. The maximum Gasteiger partial charge on any atom is 0.320 e. The lowest BCUT2D eigenvalue weighted by Crippen LogP contribution is -3.00. The van der Waals surface area contributed by atoms with Gasteiger partial charge in [-0.15, -0.1) is 0 Å². The second-order valence-electron chi connectivity index (χ2n) is 19.8. The minimum Gasteiger partial charge on any atom is -1.00 e. The van der Waals surface area contributed by atoms with Crippen molar-refractivity contribution in [2.24, 2.45) is 35.5 Å². The van der Waals surface area contributed by atoms with Crippen molar-refractivity contribution in [3.05, 3.63) is 23.8 Å². The molecule has 3 heterocycles. The first-order chi connectivity index (χ1) is 30.0. The van der Waals surface area contributed by atoms with Crippen LogP contribution in [0.3, 0.4) is 0 Å². The summed E-state index contributed by atoms with van der Waals surface area (Å²) in [6.07, 6.45) is 17.3. The van der Waals surface area contributed by atoms with E-state index in [0.29, 0.717) is 31.3 Å². The number of ketones is 1. The normalized spacial score (nSPS) is 37.0. The number of hydrogen-bond donors (Lipinski definition) is 0. The molecule has 13 heteroatoms. The molecule has 4 fully saturated rings. The van der Waals surface area contributed by atoms with Crippen LogP contribution in [-0.2, 0) is 47.5 Å². The second kappa shape index (κ2) is 25.1. The van der Waals surface area contributed by atoms with E-state index in [9.17, 15) is 14.4 Å². The van der Waals surface area contributed by atoms with Crippen LogP contribution in [0.25, 0.3) is 0 Å². The van der Waals surface area contributed by atoms with Gasteiger partial charge in [0.05, 0.1) is 57.3 Å². The number of rotatable bonds is 18. The van der Waals surface area contributed by atoms with Gasteiger partial charge in [0.1, 0.15) is 30.5 Å². The molecule has 0 spiro atoms. The molecule has 0 bridgehead atoms. The zero-order valence-electron chi connectivity index (χ0n) is 40.0. The first kappa shape index (κ1) is 52.5. The molecule has 0 unspecified atom stereocenters. The zero-order chi connectivity index (χ0) is 44.4. The van der Waals surface area contributed by atoms with Gasteiger partial charge in [0.15, 0.2) is 12.1 Å². The topological polar surface area (TPSA) is 119 Å². The molecule has 0 aromatic rings. The number of cyclic esters (lactones) is 1. The Kier molecular flexibility index (Phi) is 20.9. The molecule has 1 saturated carbocycles. The van der Waals surface area contributed by atoms with Crippen LogP contribution in [0.2, 0.25) is 0 Å². The van der Waals surface area contributed by atoms with Gasteiger partial charge in [0.2, 0.25) is 0 Å². The van der Waals surface area contributed by atoms with Gasteiger partial charge in [0, 0.05) is 40.3 Å². The average molecular weight is 999 g/mol. The number of fused-ring (bicyclic) bond motifs is 5. The van der Waals surface area contributed by atoms with E-state index in [0.717, 1.165) is 43.5 Å². The number of ether oxygens (including phenoxy) is 7. The molecule has 0 amide bonds. The van der Waals surface area contributed by atoms with E-state index in [2.05, 4.69) is 37.0 Å². The van der Waals surface area contributed by atoms with E-state index in [1.165, 1.54) is 58.0 Å². The summed E-state index contributed by atoms with van der Waals surface area (Å²) in [6.45, 7) is 17.1. The van der Waals surface area contributed by atoms with Crippen LogP contribution in [0.1, 0.15) is 125 Å². The molecule has 6 rings (SSSR count). The van der Waals surface area contributed by atoms with Crippen molar-refractivity contribution in [2.75, 3.05) is 67.1 Å². The van der Waals surface area contributed by atoms with Crippen molar-refractivity contribution in [3.63, 3.8) is 0 Å². The van der Waals surface area contributed by atoms with Crippen LogP contribution in [0, 0.1) is 35.5 Å². The Morgan fingerprint density at radius 1 is 0.841 bits per heavy atom. The van der Waals surface area contributed by atoms with Crippen molar-refractivity contribution < 1.29 is 76.0 Å². The van der Waals surface area contributed by atoms with Gasteiger partial charge in [0.25, 0.3) is 0 Å². The Morgan fingerprint density at radius 3 is 2.22 bits per heavy atom. The number of carbonyl (C=O) groups is 3. The number of unbranched alkanes of at least 4 members (excludes halogenated alkanes) is 5. The zero-order valence-corrected chi connectivity index (χ0v) is 42.2. The van der Waals surface area contributed by atoms with Crippen molar-refractivity contribution >= 4 is 17.7 Å². The molecule has 14 atom stereocenters. The van der Waals surface area contributed by atoms with Crippen LogP contribution < -0.4 is 24.0 Å². The van der Waals surface area contributed by atoms with Crippen LogP contribution in [0.15, 0.2) is 23.8 Å². The summed E-state index contributed by atoms with van der Waals surface area (Å²) >= 11 is 0. The molecule has 0 radical (unpaired) electrons. The molecular weight excluding hydrogens is 915 g/mol. The van der Waals surface area contributed by atoms with Gasteiger partial charge in [-0.1, -0.05) is 71.6 Å². The van der Waals surface area contributed by atoms with Gasteiger partial charge in [-0.05, 0) is 94.0 Å². The number of nitrogens with zero attached hydrogens (tertiary/aromatic N) is 2. The number of piperazine rings is 1. The highest BCUT2D eigenvalue weighted by atomic mass is 127. The number of quaternary nitrogens is 1. The monoisotopic (exact) mass is 999 g/mol. The lowest BCUT2D eigenvalue weighted by molar-refractivity contribution is -0.932. The summed E-state index contributed by atoms with van der Waals surface area (Å²) < 4.78 is 44.1. The van der Waals surface area contributed by atoms with Crippen molar-refractivity contribution in [2.45, 2.75) is 174 Å². The number of esters is 2. The fraction of sp³-hybridized carbons (Fsp3) is 0.860. The molecule has 3 aliphatic heterocycles. The fourth-order valence-corrected chi connectivity index (χ4v) is 12.0. The van der Waals surface area contributed by atoms with E-state index >= 15 is 0 Å². The Balaban J connectivity index is 0.00000748. The molecular formula is C50H83IN2O10. The highest BCUT2D eigenvalue weighted by molar-refractivity contribution is 5.99. The Labute approximate surface area is 396 Å². The SMILES string of the molecule is CCCCCCC[N+]1(CCCC)CCN(CC(=O)O[C@H]2CCC[C@H](CC)OC(=O)C[C@@H]3C(=C[C@@H]4[C@H]3C=C[C@@H]3C[C@@H](O[C@@H]5O[C@@H](C)[C@H](OC)[C@@H](OC)[C@H]5OC)C[C@@H]43)C(=O)[C@@H]2C)CC1.[I-]. The van der Waals surface area contributed by atoms with E-state index in [-0.39, 0.29) is 115 Å². The molecule has 12 nitrogen and oxygen atoms in total. The van der Waals surface area contributed by atoms with Gasteiger partial charge in [-0.3, -0.25) is 19.3 Å². The largest absolute Gasteiger partial charge is 1.00 e. The van der Waals surface area contributed by atoms with E-state index in [1.54, 1.807) is 21.3 Å². The third kappa shape index (κ3) is 13.0. The lowest BCUT2D eigenvalue weighted by atomic mass is 9.70. The average Bonchev–Trinajstić information content (AvgIpc) is 3.85. The highest BCUT2D eigenvalue weighted by Crippen LogP contribution is 2.54. The second-order valence-corrected chi connectivity index (χ2v) is 19.8. The molecule has 63 heavy (non-hydrogen) atoms. The first-order valence-corrected chi connectivity index (χ1v) is 24.8. The fourth-order valence-electron chi connectivity index (χ4n) is 12.0. The summed E-state index contributed by atoms with van der Waals surface area (Å²) in [5.41, 5.74) is 0.693. The van der Waals surface area contributed by atoms with Crippen molar-refractivity contribution in [1.82, 2.24) is 4.90 Å². The van der Waals surface area contributed by atoms with E-state index < -0.39 is 24.4 Å². The van der Waals surface area contributed by atoms with Gasteiger partial charge in [-0.2, -0.15) is 0 Å². The summed E-state index contributed by atoms with van der Waals surface area (Å²) in [5.74, 6) is -0.769. The number of hydrogen-bond acceptors (Lipinski definition) is 11. The number of allylic oxidation sites excluding steroid dienone is 4. The van der Waals surface area contributed by atoms with Gasteiger partial charge in [-0.25, -0.2) is 0 Å². The third-order valence-corrected chi connectivity index (χ3v) is 15.8. The summed E-state index contributed by atoms with van der Waals surface area (Å²) in [6, 6.07) is 0. The van der Waals surface area contributed by atoms with E-state index in [4.69, 9.17) is 33.2 Å². The third-order valence-electron chi connectivity index (χ3n) is 15.8. The Morgan fingerprint density at radius 2 is 1.54 bits per heavy atom. The number of Topliss-reactive ketones (excluding diaryl/α,β-unsaturated/α-hetero) is 1. The van der Waals surface area contributed by atoms with Crippen molar-refractivity contribution in [1.29, 1.82) is 0 Å². The molecule has 3 saturated heterocycles. The van der Waals surface area contributed by atoms with Crippen LogP contribution in [0.4, 0.5) is 0 Å². The summed E-state index contributed by atoms with van der Waals surface area (Å²) in [5, 5.41) is 0. The maximum absolute atomic E-state index is 14.8. The molecule has 360 valence electrons. The van der Waals surface area contributed by atoms with Crippen LogP contribution in [0.5, 0.6) is 0 Å². The Bertz CT molecular complexity index is 1520. The smallest absolute Gasteiger partial charge is 0.320 e. The number of carbonyl (C=O) groups excluding carboxylic acids is 3. The van der Waals surface area contributed by atoms with Crippen LogP contribution >= 0.6 is 0 Å². The maximum atomic E-state index is 14.8. The predicted octanol–water partition coefficient (Wildman–Crippen LogP) is 4.47. The highest BCUT2D eigenvalue weighted by Gasteiger charge is 2.53. The predicted molar refractivity (Wildman–Crippen MR) is 238 cm³/mol. The summed E-state index contributed by atoms with van der Waals surface area (Å²) in [7, 11) is 4.96. The Hall–Kier alpha value is -1.46. The standard InChI is InChI=1S/C50H83N2O10.HI/c1-9-12-14-15-16-25-52(24-13-10-2)26-22-51(23-27-52)32-45(54)62-43-19-17-18-36(11-3)60-44(53)31-41-38-21-20-35-28-37(29-39(35)40(38)30-42(41)46(55)33(43)4)61-50-49(58-8)48(57-7)47(56-6)34(5)59-50;/h20-21,30,33-41,43,47-50H,9-19,22-29,31-32H2,1-8H3;1H/q+1;/p-1/t33-,34+,35-,36+,37-,38-,39-,40-,41+,43+,47+,48-,49-,50+;/m1./s1. The van der Waals surface area contributed by atoms with E-state index in [1.807, 2.05) is 20.8 Å². The summed E-state index contributed by atoms with van der Waals surface area (Å²) in [4.78, 5) is 44.5. The minimum absolute atomic E-state index is 0. The van der Waals surface area contributed by atoms with Crippen LogP contribution in [-0.4, -0.2) is 143 Å². The molecule has 6 aliphatic rings.